The number of H-pyrrole nitrogens is 1. The highest BCUT2D eigenvalue weighted by Crippen LogP contribution is 2.64. The van der Waals surface area contributed by atoms with Gasteiger partial charge in [0.1, 0.15) is 5.82 Å². The summed E-state index contributed by atoms with van der Waals surface area (Å²) in [6.07, 6.45) is 5.13. The average Bonchev–Trinajstić information content (AvgIpc) is 3.11. The summed E-state index contributed by atoms with van der Waals surface area (Å²) >= 11 is 0. The number of aromatic nitrogens is 4. The normalized spacial score (nSPS) is 27.5. The molecule has 0 bridgehead atoms. The van der Waals surface area contributed by atoms with Gasteiger partial charge in [-0.05, 0) is 30.6 Å². The minimum Gasteiger partial charge on any atom is -0.327 e. The molecule has 2 aliphatic rings. The van der Waals surface area contributed by atoms with E-state index in [1.807, 2.05) is 11.5 Å². The Hall–Kier alpha value is -2.77. The van der Waals surface area contributed by atoms with Gasteiger partial charge >= 0.3 is 0 Å². The van der Waals surface area contributed by atoms with E-state index in [0.717, 1.165) is 18.9 Å². The summed E-state index contributed by atoms with van der Waals surface area (Å²) in [7, 11) is 0. The molecule has 2 heterocycles. The number of carbonyl (C=O) groups excluding carboxylic acids is 1. The lowest BCUT2D eigenvalue weighted by Crippen LogP contribution is -2.24. The Morgan fingerprint density at radius 2 is 2.04 bits per heavy atom. The Morgan fingerprint density at radius 1 is 1.30 bits per heavy atom. The van der Waals surface area contributed by atoms with Crippen molar-refractivity contribution in [3.63, 3.8) is 0 Å². The van der Waals surface area contributed by atoms with E-state index in [1.54, 1.807) is 18.6 Å². The van der Waals surface area contributed by atoms with Crippen LogP contribution in [0.4, 0.5) is 14.6 Å². The van der Waals surface area contributed by atoms with E-state index in [1.165, 1.54) is 6.07 Å². The van der Waals surface area contributed by atoms with Crippen molar-refractivity contribution in [3.8, 4) is 0 Å². The van der Waals surface area contributed by atoms with Crippen molar-refractivity contribution in [2.75, 3.05) is 5.32 Å². The minimum atomic E-state index is -0.876. The van der Waals surface area contributed by atoms with E-state index < -0.39 is 11.6 Å². The van der Waals surface area contributed by atoms with Crippen LogP contribution in [0.2, 0.25) is 0 Å². The van der Waals surface area contributed by atoms with Gasteiger partial charge in [0.05, 0.1) is 23.6 Å². The first-order valence-corrected chi connectivity index (χ1v) is 9.14. The Kier molecular flexibility index (Phi) is 3.57. The van der Waals surface area contributed by atoms with Crippen molar-refractivity contribution in [1.82, 2.24) is 19.7 Å². The fourth-order valence-corrected chi connectivity index (χ4v) is 4.89. The molecule has 2 N–H and O–H groups in total. The van der Waals surface area contributed by atoms with Crippen LogP contribution in [0.3, 0.4) is 0 Å². The van der Waals surface area contributed by atoms with Crippen LogP contribution in [0.5, 0.6) is 0 Å². The number of imidazole rings is 1. The molecule has 0 radical (unpaired) electrons. The lowest BCUT2D eigenvalue weighted by Gasteiger charge is -2.19. The smallest absolute Gasteiger partial charge is 0.228 e. The van der Waals surface area contributed by atoms with E-state index in [4.69, 9.17) is 0 Å². The summed E-state index contributed by atoms with van der Waals surface area (Å²) < 4.78 is 29.0. The van der Waals surface area contributed by atoms with Gasteiger partial charge in [0.15, 0.2) is 11.6 Å². The molecule has 3 unspecified atom stereocenters. The first-order chi connectivity index (χ1) is 13.0. The molecule has 1 aromatic carbocycles. The molecule has 6 nitrogen and oxygen atoms in total. The van der Waals surface area contributed by atoms with Crippen molar-refractivity contribution in [3.05, 3.63) is 42.4 Å². The van der Waals surface area contributed by atoms with Gasteiger partial charge in [-0.15, -0.1) is 0 Å². The Labute approximate surface area is 154 Å². The van der Waals surface area contributed by atoms with Gasteiger partial charge in [-0.25, -0.2) is 13.8 Å². The van der Waals surface area contributed by atoms with Gasteiger partial charge < -0.3 is 9.88 Å². The Balaban J connectivity index is 1.27. The number of nitrogens with zero attached hydrogens (tertiary/aromatic N) is 3. The van der Waals surface area contributed by atoms with Crippen molar-refractivity contribution in [1.29, 1.82) is 0 Å². The summed E-state index contributed by atoms with van der Waals surface area (Å²) in [5.74, 6) is 0.146. The first-order valence-electron chi connectivity index (χ1n) is 9.14. The first kappa shape index (κ1) is 16.4. The summed E-state index contributed by atoms with van der Waals surface area (Å²) in [5, 5.41) is 9.42. The lowest BCUT2D eigenvalue weighted by molar-refractivity contribution is -0.120. The SMILES string of the molecule is CC(C(=O)Nc1ccn[nH]1)C1C2CC(n3cnc4cc(F)c(F)cc43)CC21. The predicted molar refractivity (Wildman–Crippen MR) is 94.8 cm³/mol. The number of amides is 1. The molecule has 2 aliphatic carbocycles. The number of aromatic amines is 1. The van der Waals surface area contributed by atoms with Crippen molar-refractivity contribution in [2.24, 2.45) is 23.7 Å². The van der Waals surface area contributed by atoms with Crippen LogP contribution in [-0.4, -0.2) is 25.7 Å². The fraction of sp³-hybridized carbons (Fsp3) is 0.421. The molecule has 3 atom stereocenters. The summed E-state index contributed by atoms with van der Waals surface area (Å²) in [6, 6.07) is 4.30. The molecule has 140 valence electrons. The second kappa shape index (κ2) is 5.87. The zero-order valence-corrected chi connectivity index (χ0v) is 14.7. The molecule has 27 heavy (non-hydrogen) atoms. The van der Waals surface area contributed by atoms with Crippen LogP contribution < -0.4 is 5.32 Å². The van der Waals surface area contributed by atoms with Crippen molar-refractivity contribution in [2.45, 2.75) is 25.8 Å². The summed E-state index contributed by atoms with van der Waals surface area (Å²) in [6.45, 7) is 1.97. The van der Waals surface area contributed by atoms with Gasteiger partial charge in [0, 0.05) is 30.2 Å². The molecule has 2 aromatic heterocycles. The van der Waals surface area contributed by atoms with Crippen LogP contribution in [-0.2, 0) is 4.79 Å². The number of rotatable bonds is 4. The van der Waals surface area contributed by atoms with Crippen molar-refractivity contribution >= 4 is 22.8 Å². The zero-order chi connectivity index (χ0) is 18.7. The van der Waals surface area contributed by atoms with E-state index in [2.05, 4.69) is 20.5 Å². The largest absolute Gasteiger partial charge is 0.327 e. The van der Waals surface area contributed by atoms with Crippen LogP contribution in [0.25, 0.3) is 11.0 Å². The van der Waals surface area contributed by atoms with Gasteiger partial charge in [-0.3, -0.25) is 9.89 Å². The number of benzene rings is 1. The van der Waals surface area contributed by atoms with E-state index in [0.29, 0.717) is 34.6 Å². The molecule has 0 spiro atoms. The molecule has 2 saturated carbocycles. The summed E-state index contributed by atoms with van der Waals surface area (Å²) in [4.78, 5) is 16.6. The monoisotopic (exact) mass is 371 g/mol. The number of fused-ring (bicyclic) bond motifs is 2. The zero-order valence-electron chi connectivity index (χ0n) is 14.7. The molecule has 5 rings (SSSR count). The maximum absolute atomic E-state index is 13.6. The molecule has 0 aliphatic heterocycles. The highest BCUT2D eigenvalue weighted by molar-refractivity contribution is 5.91. The lowest BCUT2D eigenvalue weighted by atomic mass is 9.96. The van der Waals surface area contributed by atoms with Gasteiger partial charge in [0.25, 0.3) is 0 Å². The second-order valence-corrected chi connectivity index (χ2v) is 7.69. The topological polar surface area (TPSA) is 75.6 Å². The maximum Gasteiger partial charge on any atom is 0.228 e. The number of nitrogens with one attached hydrogen (secondary N) is 2. The number of anilines is 1. The number of hydrogen-bond donors (Lipinski definition) is 2. The van der Waals surface area contributed by atoms with E-state index >= 15 is 0 Å². The predicted octanol–water partition coefficient (Wildman–Crippen LogP) is 3.51. The van der Waals surface area contributed by atoms with Crippen LogP contribution in [0.1, 0.15) is 25.8 Å². The number of hydrogen-bond acceptors (Lipinski definition) is 3. The Bertz CT molecular complexity index is 1000. The molecular weight excluding hydrogens is 352 g/mol. The highest BCUT2D eigenvalue weighted by Gasteiger charge is 2.59. The third kappa shape index (κ3) is 2.62. The maximum atomic E-state index is 13.6. The van der Waals surface area contributed by atoms with E-state index in [-0.39, 0.29) is 17.9 Å². The highest BCUT2D eigenvalue weighted by atomic mass is 19.2. The standard InChI is InChI=1S/C19H19F2N5O/c1-9(19(27)24-17-2-3-23-25-17)18-11-4-10(5-12(11)18)26-8-22-15-6-13(20)14(21)7-16(15)26/h2-3,6-12,18H,4-5H2,1H3,(H2,23,24,25,27). The second-order valence-electron chi connectivity index (χ2n) is 7.69. The summed E-state index contributed by atoms with van der Waals surface area (Å²) in [5.41, 5.74) is 1.10. The fourth-order valence-electron chi connectivity index (χ4n) is 4.89. The molecule has 0 saturated heterocycles. The number of carbonyl (C=O) groups is 1. The molecule has 3 aromatic rings. The number of halogens is 2. The molecule has 1 amide bonds. The molecule has 2 fully saturated rings. The van der Waals surface area contributed by atoms with Crippen molar-refractivity contribution < 1.29 is 13.6 Å². The Morgan fingerprint density at radius 3 is 2.74 bits per heavy atom. The quantitative estimate of drug-likeness (QED) is 0.737. The van der Waals surface area contributed by atoms with Crippen LogP contribution in [0.15, 0.2) is 30.7 Å². The van der Waals surface area contributed by atoms with Gasteiger partial charge in [-0.1, -0.05) is 6.92 Å². The average molecular weight is 371 g/mol. The third-order valence-corrected chi connectivity index (χ3v) is 6.25. The van der Waals surface area contributed by atoms with Crippen LogP contribution in [0, 0.1) is 35.3 Å². The molecular formula is C19H19F2N5O. The minimum absolute atomic E-state index is 0.000766. The van der Waals surface area contributed by atoms with Gasteiger partial charge in [-0.2, -0.15) is 5.10 Å². The van der Waals surface area contributed by atoms with E-state index in [9.17, 15) is 13.6 Å². The third-order valence-electron chi connectivity index (χ3n) is 6.25. The van der Waals surface area contributed by atoms with Crippen LogP contribution >= 0.6 is 0 Å². The van der Waals surface area contributed by atoms with Gasteiger partial charge in [0.2, 0.25) is 5.91 Å². The molecule has 8 heteroatoms.